The number of ketones is 1. The van der Waals surface area contributed by atoms with E-state index in [4.69, 9.17) is 14.2 Å². The van der Waals surface area contributed by atoms with Gasteiger partial charge < -0.3 is 24.4 Å². The van der Waals surface area contributed by atoms with Crippen LogP contribution in [0.3, 0.4) is 0 Å². The summed E-state index contributed by atoms with van der Waals surface area (Å²) in [5.74, 6) is -0.130. The monoisotopic (exact) mass is 272 g/mol. The number of carbonyl (C=O) groups is 1. The third-order valence-electron chi connectivity index (χ3n) is 3.51. The van der Waals surface area contributed by atoms with Gasteiger partial charge in [0.15, 0.2) is 12.1 Å². The zero-order chi connectivity index (χ0) is 14.2. The maximum Gasteiger partial charge on any atom is 0.184 e. The normalized spacial score (nSPS) is 47.4. The molecule has 0 aromatic rings. The van der Waals surface area contributed by atoms with E-state index in [0.29, 0.717) is 0 Å². The SMILES string of the molecule is CC1OC(OC2[C@H](O)C(C)OC(C)[C@@H]2O)C=CC1=O. The molecule has 0 aliphatic carbocycles. The van der Waals surface area contributed by atoms with Crippen molar-refractivity contribution in [2.75, 3.05) is 0 Å². The molecule has 5 unspecified atom stereocenters. The molecule has 0 bridgehead atoms. The Bertz CT molecular complexity index is 354. The molecule has 0 radical (unpaired) electrons. The summed E-state index contributed by atoms with van der Waals surface area (Å²) < 4.78 is 16.3. The minimum Gasteiger partial charge on any atom is -0.388 e. The van der Waals surface area contributed by atoms with E-state index >= 15 is 0 Å². The lowest BCUT2D eigenvalue weighted by molar-refractivity contribution is -0.266. The molecule has 1 saturated heterocycles. The molecule has 108 valence electrons. The van der Waals surface area contributed by atoms with Gasteiger partial charge in [-0.3, -0.25) is 4.79 Å². The number of aliphatic hydroxyl groups excluding tert-OH is 2. The van der Waals surface area contributed by atoms with Gasteiger partial charge in [0.05, 0.1) is 12.2 Å². The van der Waals surface area contributed by atoms with Gasteiger partial charge in [-0.15, -0.1) is 0 Å². The topological polar surface area (TPSA) is 85.2 Å². The predicted molar refractivity (Wildman–Crippen MR) is 65.4 cm³/mol. The lowest BCUT2D eigenvalue weighted by Crippen LogP contribution is -2.58. The van der Waals surface area contributed by atoms with Crippen LogP contribution in [-0.2, 0) is 19.0 Å². The van der Waals surface area contributed by atoms with Gasteiger partial charge >= 0.3 is 0 Å². The molecule has 2 aliphatic rings. The summed E-state index contributed by atoms with van der Waals surface area (Å²) in [5.41, 5.74) is 0. The highest BCUT2D eigenvalue weighted by Crippen LogP contribution is 2.25. The van der Waals surface area contributed by atoms with Gasteiger partial charge in [0.2, 0.25) is 0 Å². The molecule has 0 spiro atoms. The Morgan fingerprint density at radius 3 is 2.21 bits per heavy atom. The average Bonchev–Trinajstić information content (AvgIpc) is 2.36. The van der Waals surface area contributed by atoms with Crippen LogP contribution in [0.2, 0.25) is 0 Å². The summed E-state index contributed by atoms with van der Waals surface area (Å²) in [6.07, 6.45) is -2.04. The van der Waals surface area contributed by atoms with Crippen molar-refractivity contribution >= 4 is 5.78 Å². The minimum absolute atomic E-state index is 0.130. The molecule has 0 aromatic heterocycles. The lowest BCUT2D eigenvalue weighted by atomic mass is 9.96. The number of hydrogen-bond acceptors (Lipinski definition) is 6. The van der Waals surface area contributed by atoms with Gasteiger partial charge in [-0.2, -0.15) is 0 Å². The second-order valence-electron chi connectivity index (χ2n) is 5.04. The maximum atomic E-state index is 11.3. The number of rotatable bonds is 2. The zero-order valence-corrected chi connectivity index (χ0v) is 11.2. The highest BCUT2D eigenvalue weighted by Gasteiger charge is 2.43. The fourth-order valence-electron chi connectivity index (χ4n) is 2.25. The molecule has 2 N–H and O–H groups in total. The van der Waals surface area contributed by atoms with Crippen LogP contribution in [0.15, 0.2) is 12.2 Å². The molecule has 6 nitrogen and oxygen atoms in total. The van der Waals surface area contributed by atoms with Gasteiger partial charge in [-0.05, 0) is 32.9 Å². The van der Waals surface area contributed by atoms with Crippen molar-refractivity contribution in [1.29, 1.82) is 0 Å². The van der Waals surface area contributed by atoms with E-state index in [-0.39, 0.29) is 5.78 Å². The van der Waals surface area contributed by atoms with Crippen molar-refractivity contribution in [3.05, 3.63) is 12.2 Å². The van der Waals surface area contributed by atoms with Crippen molar-refractivity contribution < 1.29 is 29.2 Å². The third-order valence-corrected chi connectivity index (χ3v) is 3.51. The van der Waals surface area contributed by atoms with Gasteiger partial charge in [-0.25, -0.2) is 0 Å². The summed E-state index contributed by atoms with van der Waals surface area (Å²) >= 11 is 0. The third kappa shape index (κ3) is 3.04. The van der Waals surface area contributed by atoms with Crippen LogP contribution < -0.4 is 0 Å². The zero-order valence-electron chi connectivity index (χ0n) is 11.2. The van der Waals surface area contributed by atoms with E-state index in [1.807, 2.05) is 0 Å². The Kier molecular flexibility index (Phi) is 4.37. The molecule has 7 atom stereocenters. The summed E-state index contributed by atoms with van der Waals surface area (Å²) in [5, 5.41) is 20.0. The van der Waals surface area contributed by atoms with E-state index in [2.05, 4.69) is 0 Å². The van der Waals surface area contributed by atoms with Crippen molar-refractivity contribution in [3.63, 3.8) is 0 Å². The Hall–Kier alpha value is -0.790. The Balaban J connectivity index is 2.04. The van der Waals surface area contributed by atoms with Crippen molar-refractivity contribution in [2.45, 2.75) is 63.7 Å². The maximum absolute atomic E-state index is 11.3. The van der Waals surface area contributed by atoms with Crippen LogP contribution in [0, 0.1) is 0 Å². The number of hydrogen-bond donors (Lipinski definition) is 2. The van der Waals surface area contributed by atoms with Crippen molar-refractivity contribution in [1.82, 2.24) is 0 Å². The van der Waals surface area contributed by atoms with Crippen molar-refractivity contribution in [3.8, 4) is 0 Å². The Labute approximate surface area is 112 Å². The smallest absolute Gasteiger partial charge is 0.184 e. The van der Waals surface area contributed by atoms with Crippen LogP contribution in [0.1, 0.15) is 20.8 Å². The molecule has 0 amide bonds. The van der Waals surface area contributed by atoms with Gasteiger partial charge in [0, 0.05) is 0 Å². The molecule has 0 aromatic carbocycles. The first-order valence-electron chi connectivity index (χ1n) is 6.44. The van der Waals surface area contributed by atoms with Crippen molar-refractivity contribution in [2.24, 2.45) is 0 Å². The van der Waals surface area contributed by atoms with E-state index < -0.39 is 42.9 Å². The second kappa shape index (κ2) is 5.68. The Morgan fingerprint density at radius 2 is 1.68 bits per heavy atom. The van der Waals surface area contributed by atoms with Crippen LogP contribution in [0.5, 0.6) is 0 Å². The van der Waals surface area contributed by atoms with E-state index in [0.717, 1.165) is 0 Å². The van der Waals surface area contributed by atoms with Crippen LogP contribution >= 0.6 is 0 Å². The highest BCUT2D eigenvalue weighted by molar-refractivity contribution is 5.93. The Morgan fingerprint density at radius 1 is 1.11 bits per heavy atom. The molecular weight excluding hydrogens is 252 g/mol. The summed E-state index contributed by atoms with van der Waals surface area (Å²) in [6.45, 7) is 5.06. The molecule has 19 heavy (non-hydrogen) atoms. The van der Waals surface area contributed by atoms with Gasteiger partial charge in [0.1, 0.15) is 24.4 Å². The average molecular weight is 272 g/mol. The van der Waals surface area contributed by atoms with Crippen LogP contribution in [0.25, 0.3) is 0 Å². The summed E-state index contributed by atoms with van der Waals surface area (Å²) in [6, 6.07) is 0. The standard InChI is InChI=1S/C13H20O6/c1-6-9(14)4-5-10(18-6)19-13-11(15)7(2)17-8(3)12(13)16/h4-8,10-13,15-16H,1-3H3/t6?,7?,8?,10?,11-,12+,13?. The second-order valence-corrected chi connectivity index (χ2v) is 5.04. The predicted octanol–water partition coefficient (Wildman–Crippen LogP) is -0.229. The van der Waals surface area contributed by atoms with E-state index in [9.17, 15) is 15.0 Å². The minimum atomic E-state index is -0.948. The number of aliphatic hydroxyl groups is 2. The van der Waals surface area contributed by atoms with Gasteiger partial charge in [-0.1, -0.05) is 0 Å². The van der Waals surface area contributed by atoms with Crippen LogP contribution in [0.4, 0.5) is 0 Å². The quantitative estimate of drug-likeness (QED) is 0.722. The number of ether oxygens (including phenoxy) is 3. The molecule has 2 rings (SSSR count). The summed E-state index contributed by atoms with van der Waals surface area (Å²) in [7, 11) is 0. The molecule has 2 aliphatic heterocycles. The molecule has 6 heteroatoms. The molecule has 0 saturated carbocycles. The van der Waals surface area contributed by atoms with E-state index in [1.165, 1.54) is 12.2 Å². The first-order valence-corrected chi connectivity index (χ1v) is 6.44. The molecule has 1 fully saturated rings. The molecular formula is C13H20O6. The number of carbonyl (C=O) groups excluding carboxylic acids is 1. The first-order chi connectivity index (χ1) is 8.90. The molecule has 2 heterocycles. The fraction of sp³-hybridized carbons (Fsp3) is 0.769. The largest absolute Gasteiger partial charge is 0.388 e. The van der Waals surface area contributed by atoms with E-state index in [1.54, 1.807) is 20.8 Å². The van der Waals surface area contributed by atoms with Gasteiger partial charge in [0.25, 0.3) is 0 Å². The fourth-order valence-corrected chi connectivity index (χ4v) is 2.25. The highest BCUT2D eigenvalue weighted by atomic mass is 16.7. The summed E-state index contributed by atoms with van der Waals surface area (Å²) in [4.78, 5) is 11.3. The van der Waals surface area contributed by atoms with Crippen LogP contribution in [-0.4, -0.2) is 58.9 Å². The lowest BCUT2D eigenvalue weighted by Gasteiger charge is -2.41. The first kappa shape index (κ1) is 14.6.